The number of rotatable bonds is 4. The van der Waals surface area contributed by atoms with Crippen LogP contribution in [0.25, 0.3) is 0 Å². The van der Waals surface area contributed by atoms with Crippen LogP contribution in [0.3, 0.4) is 0 Å². The number of hydrogen-bond acceptors (Lipinski definition) is 3. The van der Waals surface area contributed by atoms with Gasteiger partial charge in [-0.15, -0.1) is 0 Å². The Bertz CT molecular complexity index is 116. The molecule has 0 heterocycles. The molecule has 0 aromatic rings. The number of nitrogens with one attached hydrogen (secondary N) is 3. The molecule has 0 radical (unpaired) electrons. The van der Waals surface area contributed by atoms with Gasteiger partial charge in [0.25, 0.3) is 0 Å². The molecule has 0 bridgehead atoms. The van der Waals surface area contributed by atoms with Crippen LogP contribution in [0.1, 0.15) is 20.3 Å². The van der Waals surface area contributed by atoms with E-state index in [0.29, 0.717) is 11.1 Å². The van der Waals surface area contributed by atoms with Gasteiger partial charge >= 0.3 is 0 Å². The number of hydrogen-bond donors (Lipinski definition) is 3. The molecular formula is C7H17N3S. The van der Waals surface area contributed by atoms with E-state index in [1.807, 2.05) is 6.26 Å². The first kappa shape index (κ1) is 10.8. The standard InChI is InChI=1S/C7H17N3S/c1-4-6(2)5-9-10-7(8)11-3/h6,9H,4-5H2,1-3H3,(H2,8,10). The summed E-state index contributed by atoms with van der Waals surface area (Å²) in [7, 11) is 0. The van der Waals surface area contributed by atoms with Crippen molar-refractivity contribution in [2.75, 3.05) is 12.8 Å². The highest BCUT2D eigenvalue weighted by Crippen LogP contribution is 1.96. The normalized spacial score (nSPS) is 12.6. The maximum absolute atomic E-state index is 7.23. The molecule has 4 heteroatoms. The zero-order valence-electron chi connectivity index (χ0n) is 7.40. The Hall–Kier alpha value is -0.220. The third kappa shape index (κ3) is 6.19. The lowest BCUT2D eigenvalue weighted by atomic mass is 10.1. The minimum atomic E-state index is 0.466. The van der Waals surface area contributed by atoms with Crippen LogP contribution in [0.2, 0.25) is 0 Å². The van der Waals surface area contributed by atoms with Crippen molar-refractivity contribution in [3.63, 3.8) is 0 Å². The second kappa shape index (κ2) is 6.49. The first-order valence-electron chi connectivity index (χ1n) is 3.82. The van der Waals surface area contributed by atoms with Gasteiger partial charge in [0.1, 0.15) is 0 Å². The summed E-state index contributed by atoms with van der Waals surface area (Å²) in [5, 5.41) is 7.69. The first-order valence-corrected chi connectivity index (χ1v) is 5.04. The van der Waals surface area contributed by atoms with Crippen molar-refractivity contribution < 1.29 is 0 Å². The minimum absolute atomic E-state index is 0.466. The predicted molar refractivity (Wildman–Crippen MR) is 51.8 cm³/mol. The fourth-order valence-electron chi connectivity index (χ4n) is 0.501. The molecule has 0 saturated heterocycles. The van der Waals surface area contributed by atoms with Gasteiger partial charge in [-0.3, -0.25) is 5.41 Å². The van der Waals surface area contributed by atoms with E-state index < -0.39 is 0 Å². The van der Waals surface area contributed by atoms with E-state index in [1.54, 1.807) is 0 Å². The molecule has 3 N–H and O–H groups in total. The van der Waals surface area contributed by atoms with Crippen LogP contribution in [0, 0.1) is 11.3 Å². The molecule has 1 atom stereocenters. The maximum Gasteiger partial charge on any atom is 0.167 e. The molecule has 0 aliphatic carbocycles. The summed E-state index contributed by atoms with van der Waals surface area (Å²) < 4.78 is 0. The van der Waals surface area contributed by atoms with Crippen molar-refractivity contribution in [3.8, 4) is 0 Å². The van der Waals surface area contributed by atoms with Crippen LogP contribution in [0.5, 0.6) is 0 Å². The molecule has 66 valence electrons. The second-order valence-electron chi connectivity index (χ2n) is 2.55. The van der Waals surface area contributed by atoms with Gasteiger partial charge < -0.3 is 5.43 Å². The monoisotopic (exact) mass is 175 g/mol. The fourth-order valence-corrected chi connectivity index (χ4v) is 0.675. The molecule has 0 saturated carbocycles. The SMILES string of the molecule is CCC(C)CNNC(=N)SC. The molecule has 0 aliphatic heterocycles. The average molecular weight is 175 g/mol. The van der Waals surface area contributed by atoms with E-state index in [4.69, 9.17) is 5.41 Å². The lowest BCUT2D eigenvalue weighted by molar-refractivity contribution is 0.487. The topological polar surface area (TPSA) is 47.9 Å². The van der Waals surface area contributed by atoms with E-state index in [-0.39, 0.29) is 0 Å². The Balaban J connectivity index is 3.20. The molecule has 0 amide bonds. The van der Waals surface area contributed by atoms with Gasteiger partial charge in [0.2, 0.25) is 0 Å². The third-order valence-electron chi connectivity index (χ3n) is 1.55. The molecule has 0 spiro atoms. The fraction of sp³-hybridized carbons (Fsp3) is 0.857. The Labute approximate surface area is 72.8 Å². The van der Waals surface area contributed by atoms with Crippen LogP contribution in [0.15, 0.2) is 0 Å². The quantitative estimate of drug-likeness (QED) is 0.344. The summed E-state index contributed by atoms with van der Waals surface area (Å²) in [6.45, 7) is 5.25. The highest BCUT2D eigenvalue weighted by Gasteiger charge is 1.97. The lowest BCUT2D eigenvalue weighted by Crippen LogP contribution is -2.37. The summed E-state index contributed by atoms with van der Waals surface area (Å²) in [5.41, 5.74) is 5.79. The van der Waals surface area contributed by atoms with Crippen LogP contribution >= 0.6 is 11.8 Å². The summed E-state index contributed by atoms with van der Waals surface area (Å²) in [6.07, 6.45) is 3.04. The maximum atomic E-state index is 7.23. The van der Waals surface area contributed by atoms with E-state index in [1.165, 1.54) is 18.2 Å². The van der Waals surface area contributed by atoms with Gasteiger partial charge in [0.05, 0.1) is 0 Å². The summed E-state index contributed by atoms with van der Waals surface area (Å²) in [5.74, 6) is 0.664. The summed E-state index contributed by atoms with van der Waals surface area (Å²) in [6, 6.07) is 0. The summed E-state index contributed by atoms with van der Waals surface area (Å²) >= 11 is 1.39. The Morgan fingerprint density at radius 2 is 2.27 bits per heavy atom. The van der Waals surface area contributed by atoms with Crippen LogP contribution in [-0.4, -0.2) is 18.0 Å². The molecule has 0 aromatic carbocycles. The second-order valence-corrected chi connectivity index (χ2v) is 3.37. The zero-order chi connectivity index (χ0) is 8.69. The molecular weight excluding hydrogens is 158 g/mol. The molecule has 0 aliphatic rings. The molecule has 3 nitrogen and oxygen atoms in total. The Morgan fingerprint density at radius 1 is 1.64 bits per heavy atom. The highest BCUT2D eigenvalue weighted by molar-refractivity contribution is 8.13. The molecule has 11 heavy (non-hydrogen) atoms. The third-order valence-corrected chi connectivity index (χ3v) is 2.06. The minimum Gasteiger partial charge on any atom is -0.301 e. The lowest BCUT2D eigenvalue weighted by Gasteiger charge is -2.11. The van der Waals surface area contributed by atoms with Gasteiger partial charge in [0, 0.05) is 6.54 Å². The smallest absolute Gasteiger partial charge is 0.167 e. The summed E-state index contributed by atoms with van der Waals surface area (Å²) in [4.78, 5) is 0. The van der Waals surface area contributed by atoms with Gasteiger partial charge in [-0.1, -0.05) is 32.0 Å². The van der Waals surface area contributed by atoms with Gasteiger partial charge in [-0.05, 0) is 12.2 Å². The first-order chi connectivity index (χ1) is 5.20. The van der Waals surface area contributed by atoms with Gasteiger partial charge in [-0.2, -0.15) is 0 Å². The van der Waals surface area contributed by atoms with Crippen molar-refractivity contribution >= 4 is 16.9 Å². The van der Waals surface area contributed by atoms with E-state index in [9.17, 15) is 0 Å². The van der Waals surface area contributed by atoms with Crippen LogP contribution in [0.4, 0.5) is 0 Å². The van der Waals surface area contributed by atoms with E-state index in [2.05, 4.69) is 24.7 Å². The highest BCUT2D eigenvalue weighted by atomic mass is 32.2. The van der Waals surface area contributed by atoms with Gasteiger partial charge in [-0.25, -0.2) is 5.43 Å². The molecule has 0 fully saturated rings. The molecule has 1 unspecified atom stereocenters. The zero-order valence-corrected chi connectivity index (χ0v) is 8.22. The number of amidine groups is 1. The van der Waals surface area contributed by atoms with Crippen molar-refractivity contribution in [2.45, 2.75) is 20.3 Å². The van der Waals surface area contributed by atoms with E-state index in [0.717, 1.165) is 6.54 Å². The average Bonchev–Trinajstić information content (AvgIpc) is 2.04. The van der Waals surface area contributed by atoms with Crippen molar-refractivity contribution in [3.05, 3.63) is 0 Å². The largest absolute Gasteiger partial charge is 0.301 e. The number of thioether (sulfide) groups is 1. The van der Waals surface area contributed by atoms with E-state index >= 15 is 0 Å². The van der Waals surface area contributed by atoms with Crippen molar-refractivity contribution in [1.29, 1.82) is 5.41 Å². The predicted octanol–water partition coefficient (Wildman–Crippen LogP) is 1.42. The van der Waals surface area contributed by atoms with Gasteiger partial charge in [0.15, 0.2) is 5.17 Å². The molecule has 0 aromatic heterocycles. The number of hydrazine groups is 1. The Morgan fingerprint density at radius 3 is 2.73 bits per heavy atom. The van der Waals surface area contributed by atoms with Crippen LogP contribution in [-0.2, 0) is 0 Å². The van der Waals surface area contributed by atoms with Crippen molar-refractivity contribution in [1.82, 2.24) is 10.9 Å². The Kier molecular flexibility index (Phi) is 6.36. The van der Waals surface area contributed by atoms with Crippen molar-refractivity contribution in [2.24, 2.45) is 5.92 Å². The molecule has 0 rings (SSSR count). The van der Waals surface area contributed by atoms with Crippen LogP contribution < -0.4 is 10.9 Å².